The van der Waals surface area contributed by atoms with E-state index in [1.165, 1.54) is 0 Å². The fourth-order valence-electron chi connectivity index (χ4n) is 4.81. The molecule has 0 aromatic carbocycles. The van der Waals surface area contributed by atoms with Crippen molar-refractivity contribution in [1.29, 1.82) is 0 Å². The lowest BCUT2D eigenvalue weighted by Crippen LogP contribution is -2.69. The summed E-state index contributed by atoms with van der Waals surface area (Å²) in [5.74, 6) is 0.120. The van der Waals surface area contributed by atoms with E-state index in [2.05, 4.69) is 4.72 Å². The summed E-state index contributed by atoms with van der Waals surface area (Å²) in [5, 5.41) is 9.72. The Balaban J connectivity index is 1.79. The first-order chi connectivity index (χ1) is 13.5. The summed E-state index contributed by atoms with van der Waals surface area (Å²) < 4.78 is 39.5. The van der Waals surface area contributed by atoms with Crippen LogP contribution in [0.3, 0.4) is 0 Å². The number of nitrogens with zero attached hydrogens (tertiary/aromatic N) is 1. The number of hydrogen-bond donors (Lipinski definition) is 2. The molecule has 2 heterocycles. The number of carbonyl (C=O) groups excluding carboxylic acids is 1. The maximum atomic E-state index is 12.9. The van der Waals surface area contributed by atoms with Gasteiger partial charge in [0.1, 0.15) is 5.60 Å². The quantitative estimate of drug-likeness (QED) is 0.708. The van der Waals surface area contributed by atoms with Crippen molar-refractivity contribution in [2.45, 2.75) is 102 Å². The van der Waals surface area contributed by atoms with E-state index in [9.17, 15) is 18.3 Å². The second kappa shape index (κ2) is 8.69. The Morgan fingerprint density at radius 3 is 2.45 bits per heavy atom. The van der Waals surface area contributed by atoms with E-state index in [1.54, 1.807) is 4.90 Å². The Morgan fingerprint density at radius 1 is 1.17 bits per heavy atom. The molecule has 2 atom stereocenters. The van der Waals surface area contributed by atoms with Gasteiger partial charge in [0, 0.05) is 6.54 Å². The third-order valence-corrected chi connectivity index (χ3v) is 7.74. The predicted molar refractivity (Wildman–Crippen MR) is 109 cm³/mol. The van der Waals surface area contributed by atoms with Crippen LogP contribution in [0.5, 0.6) is 0 Å². The number of aliphatic hydroxyl groups is 1. The van der Waals surface area contributed by atoms with Crippen molar-refractivity contribution in [3.63, 3.8) is 0 Å². The van der Waals surface area contributed by atoms with Crippen molar-refractivity contribution in [3.8, 4) is 0 Å². The first-order valence-electron chi connectivity index (χ1n) is 10.8. The zero-order valence-corrected chi connectivity index (χ0v) is 18.7. The second-order valence-electron chi connectivity index (χ2n) is 9.74. The van der Waals surface area contributed by atoms with Crippen LogP contribution >= 0.6 is 0 Å². The SMILES string of the molecule is CC(C)(C)OC(=O)N1CCCC2(CCCS(=O)(=O)N2)C1COC1CCC(O)CC1. The molecule has 29 heavy (non-hydrogen) atoms. The molecule has 0 aromatic rings. The lowest BCUT2D eigenvalue weighted by Gasteiger charge is -2.51. The Kier molecular flexibility index (Phi) is 6.82. The number of aliphatic hydroxyl groups excluding tert-OH is 1. The highest BCUT2D eigenvalue weighted by molar-refractivity contribution is 7.89. The van der Waals surface area contributed by atoms with Crippen LogP contribution in [0.15, 0.2) is 0 Å². The molecule has 9 heteroatoms. The maximum absolute atomic E-state index is 12.9. The molecular weight excluding hydrogens is 396 g/mol. The summed E-state index contributed by atoms with van der Waals surface area (Å²) in [6.07, 6.45) is 4.97. The van der Waals surface area contributed by atoms with Gasteiger partial charge in [-0.15, -0.1) is 0 Å². The van der Waals surface area contributed by atoms with Gasteiger partial charge in [-0.2, -0.15) is 0 Å². The van der Waals surface area contributed by atoms with Crippen molar-refractivity contribution in [2.24, 2.45) is 0 Å². The van der Waals surface area contributed by atoms with E-state index in [-0.39, 0.29) is 24.6 Å². The highest BCUT2D eigenvalue weighted by atomic mass is 32.2. The highest BCUT2D eigenvalue weighted by Crippen LogP contribution is 2.37. The van der Waals surface area contributed by atoms with Crippen molar-refractivity contribution >= 4 is 16.1 Å². The molecule has 1 amide bonds. The van der Waals surface area contributed by atoms with Crippen molar-refractivity contribution in [3.05, 3.63) is 0 Å². The molecule has 3 fully saturated rings. The Morgan fingerprint density at radius 2 is 1.83 bits per heavy atom. The van der Waals surface area contributed by atoms with Crippen LogP contribution in [-0.4, -0.2) is 72.8 Å². The lowest BCUT2D eigenvalue weighted by molar-refractivity contribution is -0.0649. The molecule has 2 N–H and O–H groups in total. The smallest absolute Gasteiger partial charge is 0.410 e. The summed E-state index contributed by atoms with van der Waals surface area (Å²) in [7, 11) is -3.38. The third kappa shape index (κ3) is 5.83. The van der Waals surface area contributed by atoms with Gasteiger partial charge in [0.15, 0.2) is 0 Å². The molecule has 2 aliphatic heterocycles. The molecule has 0 bridgehead atoms. The Bertz CT molecular complexity index is 680. The van der Waals surface area contributed by atoms with Gasteiger partial charge in [-0.3, -0.25) is 0 Å². The van der Waals surface area contributed by atoms with Crippen molar-refractivity contribution in [1.82, 2.24) is 9.62 Å². The largest absolute Gasteiger partial charge is 0.444 e. The van der Waals surface area contributed by atoms with E-state index in [4.69, 9.17) is 9.47 Å². The molecule has 0 radical (unpaired) electrons. The average Bonchev–Trinajstić information content (AvgIpc) is 2.59. The van der Waals surface area contributed by atoms with Crippen LogP contribution in [0, 0.1) is 0 Å². The monoisotopic (exact) mass is 432 g/mol. The van der Waals surface area contributed by atoms with E-state index >= 15 is 0 Å². The number of amides is 1. The van der Waals surface area contributed by atoms with Crippen LogP contribution in [0.1, 0.15) is 72.1 Å². The van der Waals surface area contributed by atoms with Gasteiger partial charge in [0.05, 0.1) is 36.1 Å². The molecular formula is C20H36N2O6S. The minimum Gasteiger partial charge on any atom is -0.444 e. The summed E-state index contributed by atoms with van der Waals surface area (Å²) >= 11 is 0. The number of sulfonamides is 1. The minimum atomic E-state index is -3.38. The standard InChI is InChI=1S/C20H36N2O6S/c1-19(2,3)28-18(24)22-12-4-10-20(11-5-13-29(25,26)21-20)17(22)14-27-16-8-6-15(23)7-9-16/h15-17,21,23H,4-14H2,1-3H3. The molecule has 1 saturated carbocycles. The summed E-state index contributed by atoms with van der Waals surface area (Å²) in [6.45, 7) is 6.27. The molecule has 3 aliphatic rings. The van der Waals surface area contributed by atoms with Gasteiger partial charge >= 0.3 is 6.09 Å². The molecule has 1 aliphatic carbocycles. The molecule has 8 nitrogen and oxygen atoms in total. The topological polar surface area (TPSA) is 105 Å². The van der Waals surface area contributed by atoms with Gasteiger partial charge < -0.3 is 19.5 Å². The van der Waals surface area contributed by atoms with Crippen molar-refractivity contribution < 1.29 is 27.8 Å². The van der Waals surface area contributed by atoms with E-state index in [0.29, 0.717) is 45.1 Å². The van der Waals surface area contributed by atoms with Crippen LogP contribution < -0.4 is 4.72 Å². The fraction of sp³-hybridized carbons (Fsp3) is 0.950. The first-order valence-corrected chi connectivity index (χ1v) is 12.5. The van der Waals surface area contributed by atoms with Crippen LogP contribution in [0.2, 0.25) is 0 Å². The molecule has 3 rings (SSSR count). The van der Waals surface area contributed by atoms with Crippen LogP contribution in [0.4, 0.5) is 4.79 Å². The van der Waals surface area contributed by atoms with E-state index in [1.807, 2.05) is 20.8 Å². The number of piperidine rings is 1. The number of hydrogen-bond acceptors (Lipinski definition) is 6. The second-order valence-corrected chi connectivity index (χ2v) is 11.6. The minimum absolute atomic E-state index is 0.0260. The zero-order valence-electron chi connectivity index (χ0n) is 17.9. The number of likely N-dealkylation sites (tertiary alicyclic amines) is 1. The van der Waals surface area contributed by atoms with Gasteiger partial charge in [0.25, 0.3) is 0 Å². The summed E-state index contributed by atoms with van der Waals surface area (Å²) in [5.41, 5.74) is -1.33. The summed E-state index contributed by atoms with van der Waals surface area (Å²) in [4.78, 5) is 14.6. The molecule has 1 spiro atoms. The summed E-state index contributed by atoms with van der Waals surface area (Å²) in [6, 6.07) is -0.409. The highest BCUT2D eigenvalue weighted by Gasteiger charge is 2.51. The first kappa shape index (κ1) is 22.8. The predicted octanol–water partition coefficient (Wildman–Crippen LogP) is 2.16. The molecule has 2 saturated heterocycles. The van der Waals surface area contributed by atoms with Crippen LogP contribution in [-0.2, 0) is 19.5 Å². The van der Waals surface area contributed by atoms with Crippen molar-refractivity contribution in [2.75, 3.05) is 18.9 Å². The fourth-order valence-corrected chi connectivity index (χ4v) is 6.40. The number of nitrogens with one attached hydrogen (secondary N) is 1. The number of carbonyl (C=O) groups is 1. The van der Waals surface area contributed by atoms with Gasteiger partial charge in [-0.25, -0.2) is 17.9 Å². The van der Waals surface area contributed by atoms with Gasteiger partial charge in [-0.05, 0) is 72.1 Å². The maximum Gasteiger partial charge on any atom is 0.410 e. The molecule has 0 aromatic heterocycles. The Labute approximate surface area is 174 Å². The average molecular weight is 433 g/mol. The zero-order chi connectivity index (χ0) is 21.3. The Hall–Kier alpha value is -0.900. The van der Waals surface area contributed by atoms with E-state index < -0.39 is 33.3 Å². The number of ether oxygens (including phenoxy) is 2. The molecule has 2 unspecified atom stereocenters. The molecule has 168 valence electrons. The van der Waals surface area contributed by atoms with Gasteiger partial charge in [-0.1, -0.05) is 0 Å². The van der Waals surface area contributed by atoms with Crippen LogP contribution in [0.25, 0.3) is 0 Å². The number of rotatable bonds is 3. The third-order valence-electron chi connectivity index (χ3n) is 6.19. The lowest BCUT2D eigenvalue weighted by atomic mass is 9.78. The van der Waals surface area contributed by atoms with Gasteiger partial charge in [0.2, 0.25) is 10.0 Å². The normalized spacial score (nSPS) is 35.4. The van der Waals surface area contributed by atoms with E-state index in [0.717, 1.165) is 12.8 Å².